The van der Waals surface area contributed by atoms with E-state index in [1.54, 1.807) is 61.7 Å². The third kappa shape index (κ3) is 5.19. The fourth-order valence-electron chi connectivity index (χ4n) is 3.20. The Kier molecular flexibility index (Phi) is 6.66. The van der Waals surface area contributed by atoms with Crippen molar-refractivity contribution in [2.45, 2.75) is 0 Å². The number of halogens is 1. The van der Waals surface area contributed by atoms with Crippen LogP contribution in [0.2, 0.25) is 5.02 Å². The maximum Gasteiger partial charge on any atom is 0.343 e. The number of fused-ring (bicyclic) bond motifs is 1. The number of nitrogens with zero attached hydrogens (tertiary/aromatic N) is 1. The lowest BCUT2D eigenvalue weighted by atomic mass is 10.0. The predicted molar refractivity (Wildman–Crippen MR) is 128 cm³/mol. The molecule has 0 heterocycles. The Morgan fingerprint density at radius 2 is 1.58 bits per heavy atom. The Morgan fingerprint density at radius 3 is 2.30 bits per heavy atom. The summed E-state index contributed by atoms with van der Waals surface area (Å²) in [5.74, 6) is 0.0572. The fourth-order valence-corrected chi connectivity index (χ4v) is 3.33. The van der Waals surface area contributed by atoms with Crippen molar-refractivity contribution < 1.29 is 19.1 Å². The van der Waals surface area contributed by atoms with Crippen LogP contribution in [0.15, 0.2) is 90.0 Å². The number of rotatable bonds is 6. The maximum absolute atomic E-state index is 12.6. The van der Waals surface area contributed by atoms with Gasteiger partial charge >= 0.3 is 5.97 Å². The highest BCUT2D eigenvalue weighted by Crippen LogP contribution is 2.27. The Labute approximate surface area is 195 Å². The van der Waals surface area contributed by atoms with Crippen LogP contribution in [0.3, 0.4) is 0 Å². The molecular weight excluding hydrogens is 440 g/mol. The van der Waals surface area contributed by atoms with Gasteiger partial charge in [0, 0.05) is 16.1 Å². The number of benzene rings is 4. The number of hydrazone groups is 1. The lowest BCUT2D eigenvalue weighted by molar-refractivity contribution is 0.0734. The number of esters is 1. The number of carbonyl (C=O) groups excluding carboxylic acids is 2. The number of amides is 1. The molecule has 0 aliphatic rings. The highest BCUT2D eigenvalue weighted by atomic mass is 35.5. The molecule has 164 valence electrons. The number of hydrogen-bond acceptors (Lipinski definition) is 5. The molecule has 1 N–H and O–H groups in total. The smallest absolute Gasteiger partial charge is 0.343 e. The molecule has 1 amide bonds. The van der Waals surface area contributed by atoms with Gasteiger partial charge in [0.15, 0.2) is 0 Å². The van der Waals surface area contributed by atoms with Gasteiger partial charge in [-0.15, -0.1) is 0 Å². The summed E-state index contributed by atoms with van der Waals surface area (Å²) in [5.41, 5.74) is 3.86. The van der Waals surface area contributed by atoms with Crippen molar-refractivity contribution >= 4 is 40.5 Å². The van der Waals surface area contributed by atoms with Crippen molar-refractivity contribution in [3.63, 3.8) is 0 Å². The average molecular weight is 459 g/mol. The van der Waals surface area contributed by atoms with Crippen LogP contribution >= 0.6 is 11.6 Å². The number of nitrogens with one attached hydrogen (secondary N) is 1. The van der Waals surface area contributed by atoms with Crippen molar-refractivity contribution in [3.8, 4) is 11.5 Å². The summed E-state index contributed by atoms with van der Waals surface area (Å²) in [6.07, 6.45) is 1.47. The van der Waals surface area contributed by atoms with E-state index in [0.717, 1.165) is 10.8 Å². The molecule has 0 atom stereocenters. The monoisotopic (exact) mass is 458 g/mol. The third-order valence-corrected chi connectivity index (χ3v) is 5.18. The standard InChI is InChI=1S/C26H19ClN2O4/c1-32-21-13-8-18(9-14-21)25(30)29-28-16-23-22-5-3-2-4-17(22)10-15-24(23)33-26(31)19-6-11-20(27)12-7-19/h2-16H,1H3,(H,29,30)/b28-16+. The molecule has 0 aliphatic carbocycles. The van der Waals surface area contributed by atoms with Crippen LogP contribution in [-0.2, 0) is 0 Å². The average Bonchev–Trinajstić information content (AvgIpc) is 2.85. The zero-order valence-corrected chi connectivity index (χ0v) is 18.4. The van der Waals surface area contributed by atoms with E-state index in [1.165, 1.54) is 6.21 Å². The normalized spacial score (nSPS) is 10.8. The van der Waals surface area contributed by atoms with Gasteiger partial charge in [-0.1, -0.05) is 41.9 Å². The van der Waals surface area contributed by atoms with E-state index >= 15 is 0 Å². The first-order chi connectivity index (χ1) is 16.0. The molecule has 0 aliphatic heterocycles. The molecule has 0 saturated carbocycles. The Morgan fingerprint density at radius 1 is 0.879 bits per heavy atom. The van der Waals surface area contributed by atoms with Crippen LogP contribution in [0.4, 0.5) is 0 Å². The first-order valence-corrected chi connectivity index (χ1v) is 10.4. The molecule has 0 spiro atoms. The van der Waals surface area contributed by atoms with Gasteiger partial charge in [-0.25, -0.2) is 10.2 Å². The predicted octanol–water partition coefficient (Wildman–Crippen LogP) is 5.48. The molecule has 7 heteroatoms. The quantitative estimate of drug-likeness (QED) is 0.179. The highest BCUT2D eigenvalue weighted by Gasteiger charge is 2.14. The summed E-state index contributed by atoms with van der Waals surface area (Å²) in [7, 11) is 1.56. The second kappa shape index (κ2) is 9.97. The van der Waals surface area contributed by atoms with Crippen molar-refractivity contribution in [2.24, 2.45) is 5.10 Å². The van der Waals surface area contributed by atoms with Crippen molar-refractivity contribution in [1.29, 1.82) is 0 Å². The first-order valence-electron chi connectivity index (χ1n) is 10.0. The number of carbonyl (C=O) groups is 2. The summed E-state index contributed by atoms with van der Waals surface area (Å²) >= 11 is 5.90. The van der Waals surface area contributed by atoms with E-state index in [-0.39, 0.29) is 5.91 Å². The molecule has 4 aromatic carbocycles. The molecule has 0 aromatic heterocycles. The molecule has 0 radical (unpaired) electrons. The number of hydrogen-bond donors (Lipinski definition) is 1. The Balaban J connectivity index is 1.60. The van der Waals surface area contributed by atoms with Crippen LogP contribution in [0, 0.1) is 0 Å². The summed E-state index contributed by atoms with van der Waals surface area (Å²) < 4.78 is 10.7. The summed E-state index contributed by atoms with van der Waals surface area (Å²) in [4.78, 5) is 25.1. The first kappa shape index (κ1) is 22.0. The van der Waals surface area contributed by atoms with Crippen LogP contribution in [-0.4, -0.2) is 25.2 Å². The summed E-state index contributed by atoms with van der Waals surface area (Å²) in [6.45, 7) is 0. The van der Waals surface area contributed by atoms with E-state index in [9.17, 15) is 9.59 Å². The zero-order valence-electron chi connectivity index (χ0n) is 17.6. The van der Waals surface area contributed by atoms with E-state index in [4.69, 9.17) is 21.1 Å². The minimum Gasteiger partial charge on any atom is -0.497 e. The SMILES string of the molecule is COc1ccc(C(=O)N/N=C/c2c(OC(=O)c3ccc(Cl)cc3)ccc3ccccc23)cc1. The number of ether oxygens (including phenoxy) is 2. The topological polar surface area (TPSA) is 77.0 Å². The van der Waals surface area contributed by atoms with Gasteiger partial charge in [-0.2, -0.15) is 5.10 Å². The minimum absolute atomic E-state index is 0.316. The summed E-state index contributed by atoms with van der Waals surface area (Å²) in [5, 5.41) is 6.38. The lowest BCUT2D eigenvalue weighted by Crippen LogP contribution is -2.17. The Hall–Kier alpha value is -4.16. The van der Waals surface area contributed by atoms with Crippen molar-refractivity contribution in [1.82, 2.24) is 5.43 Å². The molecule has 0 fully saturated rings. The van der Waals surface area contributed by atoms with Crippen LogP contribution in [0.25, 0.3) is 10.8 Å². The van der Waals surface area contributed by atoms with Crippen LogP contribution < -0.4 is 14.9 Å². The van der Waals surface area contributed by atoms with Gasteiger partial charge in [-0.05, 0) is 65.4 Å². The number of methoxy groups -OCH3 is 1. The maximum atomic E-state index is 12.6. The molecule has 6 nitrogen and oxygen atoms in total. The summed E-state index contributed by atoms with van der Waals surface area (Å²) in [6, 6.07) is 24.3. The van der Waals surface area contributed by atoms with Gasteiger partial charge in [0.25, 0.3) is 5.91 Å². The molecular formula is C26H19ClN2O4. The van der Waals surface area contributed by atoms with Gasteiger partial charge in [0.05, 0.1) is 18.9 Å². The van der Waals surface area contributed by atoms with Crippen molar-refractivity contribution in [2.75, 3.05) is 7.11 Å². The largest absolute Gasteiger partial charge is 0.497 e. The molecule has 4 aromatic rings. The van der Waals surface area contributed by atoms with E-state index in [1.807, 2.05) is 30.3 Å². The van der Waals surface area contributed by atoms with E-state index < -0.39 is 5.97 Å². The molecule has 33 heavy (non-hydrogen) atoms. The molecule has 4 rings (SSSR count). The van der Waals surface area contributed by atoms with E-state index in [2.05, 4.69) is 10.5 Å². The second-order valence-corrected chi connectivity index (χ2v) is 7.46. The molecule has 0 saturated heterocycles. The molecule has 0 bridgehead atoms. The van der Waals surface area contributed by atoms with Gasteiger partial charge in [0.1, 0.15) is 11.5 Å². The third-order valence-electron chi connectivity index (χ3n) is 4.93. The Bertz CT molecular complexity index is 1330. The van der Waals surface area contributed by atoms with Crippen LogP contribution in [0.5, 0.6) is 11.5 Å². The van der Waals surface area contributed by atoms with Gasteiger partial charge < -0.3 is 9.47 Å². The van der Waals surface area contributed by atoms with Gasteiger partial charge in [0.2, 0.25) is 0 Å². The minimum atomic E-state index is -0.529. The fraction of sp³-hybridized carbons (Fsp3) is 0.0385. The molecule has 0 unspecified atom stereocenters. The van der Waals surface area contributed by atoms with E-state index in [0.29, 0.717) is 33.2 Å². The van der Waals surface area contributed by atoms with Gasteiger partial charge in [-0.3, -0.25) is 4.79 Å². The highest BCUT2D eigenvalue weighted by molar-refractivity contribution is 6.30. The zero-order chi connectivity index (χ0) is 23.2. The van der Waals surface area contributed by atoms with Crippen molar-refractivity contribution in [3.05, 3.63) is 107 Å². The van der Waals surface area contributed by atoms with Crippen LogP contribution in [0.1, 0.15) is 26.3 Å². The lowest BCUT2D eigenvalue weighted by Gasteiger charge is -2.10. The second-order valence-electron chi connectivity index (χ2n) is 7.02.